The van der Waals surface area contributed by atoms with E-state index in [2.05, 4.69) is 35.4 Å². The fraction of sp³-hybridized carbons (Fsp3) is 0.400. The molecule has 2 rings (SSSR count). The molecule has 3 N–H and O–H groups in total. The van der Waals surface area contributed by atoms with Gasteiger partial charge in [-0.2, -0.15) is 0 Å². The number of benzene rings is 1. The molecule has 0 bridgehead atoms. The second kappa shape index (κ2) is 8.12. The SMILES string of the molecule is Cc1ccc(CN)cc1CCc1cncc(NC(=O)OC(C)(C)C)c1. The number of aryl methyl sites for hydroxylation is 3. The lowest BCUT2D eigenvalue weighted by atomic mass is 9.99. The topological polar surface area (TPSA) is 77.2 Å². The van der Waals surface area contributed by atoms with Crippen LogP contribution in [0, 0.1) is 6.92 Å². The highest BCUT2D eigenvalue weighted by Crippen LogP contribution is 2.16. The highest BCUT2D eigenvalue weighted by Gasteiger charge is 2.16. The number of hydrogen-bond acceptors (Lipinski definition) is 4. The van der Waals surface area contributed by atoms with Gasteiger partial charge in [0.25, 0.3) is 0 Å². The molecule has 0 aliphatic carbocycles. The summed E-state index contributed by atoms with van der Waals surface area (Å²) < 4.78 is 5.26. The van der Waals surface area contributed by atoms with E-state index in [1.54, 1.807) is 6.20 Å². The Morgan fingerprint density at radius 2 is 1.92 bits per heavy atom. The van der Waals surface area contributed by atoms with Gasteiger partial charge < -0.3 is 10.5 Å². The van der Waals surface area contributed by atoms with Gasteiger partial charge in [-0.3, -0.25) is 10.3 Å². The first-order chi connectivity index (χ1) is 11.8. The molecule has 0 spiro atoms. The van der Waals surface area contributed by atoms with Gasteiger partial charge in [0.15, 0.2) is 0 Å². The predicted molar refractivity (Wildman–Crippen MR) is 101 cm³/mol. The van der Waals surface area contributed by atoms with Crippen LogP contribution >= 0.6 is 0 Å². The summed E-state index contributed by atoms with van der Waals surface area (Å²) in [5, 5.41) is 2.73. The minimum absolute atomic E-state index is 0.474. The first-order valence-electron chi connectivity index (χ1n) is 8.49. The van der Waals surface area contributed by atoms with Crippen molar-refractivity contribution in [3.05, 3.63) is 58.9 Å². The summed E-state index contributed by atoms with van der Waals surface area (Å²) in [6.07, 6.45) is 4.71. The van der Waals surface area contributed by atoms with E-state index in [1.807, 2.05) is 33.0 Å². The molecule has 1 aromatic heterocycles. The fourth-order valence-corrected chi connectivity index (χ4v) is 2.51. The Morgan fingerprint density at radius 3 is 2.60 bits per heavy atom. The zero-order valence-electron chi connectivity index (χ0n) is 15.4. The van der Waals surface area contributed by atoms with Crippen LogP contribution in [0.25, 0.3) is 0 Å². The second-order valence-electron chi connectivity index (χ2n) is 7.17. The molecule has 0 aliphatic rings. The first kappa shape index (κ1) is 18.9. The van der Waals surface area contributed by atoms with Crippen LogP contribution in [0.2, 0.25) is 0 Å². The molecule has 1 aromatic carbocycles. The molecule has 134 valence electrons. The van der Waals surface area contributed by atoms with Crippen LogP contribution in [-0.2, 0) is 24.1 Å². The van der Waals surface area contributed by atoms with Gasteiger partial charge in [0.1, 0.15) is 5.60 Å². The van der Waals surface area contributed by atoms with E-state index >= 15 is 0 Å². The second-order valence-corrected chi connectivity index (χ2v) is 7.17. The zero-order valence-corrected chi connectivity index (χ0v) is 15.4. The number of nitrogens with zero attached hydrogens (tertiary/aromatic N) is 1. The van der Waals surface area contributed by atoms with Gasteiger partial charge in [-0.05, 0) is 68.9 Å². The molecule has 0 unspecified atom stereocenters. The molecule has 5 nitrogen and oxygen atoms in total. The molecule has 2 aromatic rings. The molecule has 0 fully saturated rings. The average molecular weight is 341 g/mol. The number of anilines is 1. The Morgan fingerprint density at radius 1 is 1.16 bits per heavy atom. The maximum atomic E-state index is 11.9. The Labute approximate surface area is 149 Å². The van der Waals surface area contributed by atoms with Crippen LogP contribution in [0.3, 0.4) is 0 Å². The standard InChI is InChI=1S/C20H27N3O2/c1-14-5-6-15(11-21)9-17(14)8-7-16-10-18(13-22-12-16)23-19(24)25-20(2,3)4/h5-6,9-10,12-13H,7-8,11,21H2,1-4H3,(H,23,24). The van der Waals surface area contributed by atoms with Gasteiger partial charge in [0.2, 0.25) is 0 Å². The van der Waals surface area contributed by atoms with Crippen molar-refractivity contribution in [1.29, 1.82) is 0 Å². The van der Waals surface area contributed by atoms with E-state index in [1.165, 1.54) is 11.1 Å². The summed E-state index contributed by atoms with van der Waals surface area (Å²) in [6, 6.07) is 8.26. The molecule has 5 heteroatoms. The van der Waals surface area contributed by atoms with E-state index in [-0.39, 0.29) is 0 Å². The highest BCUT2D eigenvalue weighted by molar-refractivity contribution is 5.84. The van der Waals surface area contributed by atoms with Crippen molar-refractivity contribution in [3.8, 4) is 0 Å². The molecule has 1 amide bonds. The lowest BCUT2D eigenvalue weighted by molar-refractivity contribution is 0.0636. The summed E-state index contributed by atoms with van der Waals surface area (Å²) >= 11 is 0. The van der Waals surface area contributed by atoms with Crippen LogP contribution in [0.4, 0.5) is 10.5 Å². The molecule has 25 heavy (non-hydrogen) atoms. The first-order valence-corrected chi connectivity index (χ1v) is 8.49. The van der Waals surface area contributed by atoms with E-state index in [4.69, 9.17) is 10.5 Å². The van der Waals surface area contributed by atoms with Gasteiger partial charge in [-0.15, -0.1) is 0 Å². The Bertz CT molecular complexity index is 736. The summed E-state index contributed by atoms with van der Waals surface area (Å²) in [4.78, 5) is 16.1. The van der Waals surface area contributed by atoms with Crippen LogP contribution < -0.4 is 11.1 Å². The Hall–Kier alpha value is -2.40. The van der Waals surface area contributed by atoms with E-state index in [9.17, 15) is 4.79 Å². The zero-order chi connectivity index (χ0) is 18.4. The van der Waals surface area contributed by atoms with E-state index < -0.39 is 11.7 Å². The van der Waals surface area contributed by atoms with Crippen molar-refractivity contribution in [2.24, 2.45) is 5.73 Å². The summed E-state index contributed by atoms with van der Waals surface area (Å²) in [7, 11) is 0. The number of carbonyl (C=O) groups excluding carboxylic acids is 1. The van der Waals surface area contributed by atoms with Crippen molar-refractivity contribution in [2.75, 3.05) is 5.32 Å². The minimum Gasteiger partial charge on any atom is -0.444 e. The van der Waals surface area contributed by atoms with Crippen molar-refractivity contribution >= 4 is 11.8 Å². The smallest absolute Gasteiger partial charge is 0.412 e. The maximum absolute atomic E-state index is 11.9. The van der Waals surface area contributed by atoms with Gasteiger partial charge in [-0.25, -0.2) is 4.79 Å². The largest absolute Gasteiger partial charge is 0.444 e. The molecular formula is C20H27N3O2. The van der Waals surface area contributed by atoms with Crippen molar-refractivity contribution < 1.29 is 9.53 Å². The summed E-state index contributed by atoms with van der Waals surface area (Å²) in [5.74, 6) is 0. The van der Waals surface area contributed by atoms with Gasteiger partial charge in [-0.1, -0.05) is 18.2 Å². The number of rotatable bonds is 5. The summed E-state index contributed by atoms with van der Waals surface area (Å²) in [6.45, 7) is 8.15. The van der Waals surface area contributed by atoms with Gasteiger partial charge in [0.05, 0.1) is 11.9 Å². The number of ether oxygens (including phenoxy) is 1. The minimum atomic E-state index is -0.527. The van der Waals surface area contributed by atoms with E-state index in [0.29, 0.717) is 12.2 Å². The molecule has 0 radical (unpaired) electrons. The number of aromatic nitrogens is 1. The van der Waals surface area contributed by atoms with E-state index in [0.717, 1.165) is 24.0 Å². The molecule has 0 saturated carbocycles. The van der Waals surface area contributed by atoms with Gasteiger partial charge >= 0.3 is 6.09 Å². The van der Waals surface area contributed by atoms with Gasteiger partial charge in [0, 0.05) is 12.7 Å². The molecular weight excluding hydrogens is 314 g/mol. The highest BCUT2D eigenvalue weighted by atomic mass is 16.6. The van der Waals surface area contributed by atoms with Crippen LogP contribution in [-0.4, -0.2) is 16.7 Å². The summed E-state index contributed by atoms with van der Waals surface area (Å²) in [5.41, 5.74) is 10.6. The Kier molecular flexibility index (Phi) is 6.15. The average Bonchev–Trinajstić information content (AvgIpc) is 2.52. The molecule has 0 aliphatic heterocycles. The normalized spacial score (nSPS) is 11.2. The quantitative estimate of drug-likeness (QED) is 0.862. The Balaban J connectivity index is 2.01. The number of pyridine rings is 1. The molecule has 0 saturated heterocycles. The monoisotopic (exact) mass is 341 g/mol. The predicted octanol–water partition coefficient (Wildman–Crippen LogP) is 3.98. The number of nitrogens with one attached hydrogen (secondary N) is 1. The third kappa shape index (κ3) is 6.19. The third-order valence-corrected chi connectivity index (χ3v) is 3.77. The number of amides is 1. The fourth-order valence-electron chi connectivity index (χ4n) is 2.51. The van der Waals surface area contributed by atoms with Crippen LogP contribution in [0.1, 0.15) is 43.0 Å². The number of hydrogen-bond donors (Lipinski definition) is 2. The molecule has 0 atom stereocenters. The number of nitrogens with two attached hydrogens (primary N) is 1. The lowest BCUT2D eigenvalue weighted by Crippen LogP contribution is -2.27. The van der Waals surface area contributed by atoms with Crippen LogP contribution in [0.5, 0.6) is 0 Å². The number of carbonyl (C=O) groups is 1. The maximum Gasteiger partial charge on any atom is 0.412 e. The van der Waals surface area contributed by atoms with Crippen molar-refractivity contribution in [1.82, 2.24) is 4.98 Å². The lowest BCUT2D eigenvalue weighted by Gasteiger charge is -2.19. The van der Waals surface area contributed by atoms with Crippen molar-refractivity contribution in [3.63, 3.8) is 0 Å². The molecule has 1 heterocycles. The van der Waals surface area contributed by atoms with Crippen LogP contribution in [0.15, 0.2) is 36.7 Å². The van der Waals surface area contributed by atoms with Crippen molar-refractivity contribution in [2.45, 2.75) is 52.7 Å². The third-order valence-electron chi connectivity index (χ3n) is 3.77.